The van der Waals surface area contributed by atoms with Crippen molar-refractivity contribution in [2.45, 2.75) is 19.4 Å². The second-order valence-corrected chi connectivity index (χ2v) is 5.58. The molecule has 3 rings (SSSR count). The van der Waals surface area contributed by atoms with E-state index in [4.69, 9.17) is 4.74 Å². The maximum atomic E-state index is 12.4. The van der Waals surface area contributed by atoms with Crippen LogP contribution in [0, 0.1) is 0 Å². The summed E-state index contributed by atoms with van der Waals surface area (Å²) in [6.07, 6.45) is 0. The van der Waals surface area contributed by atoms with Crippen LogP contribution in [-0.2, 0) is 4.79 Å². The van der Waals surface area contributed by atoms with Gasteiger partial charge in [0.2, 0.25) is 0 Å². The highest BCUT2D eigenvalue weighted by molar-refractivity contribution is 6.23. The molecule has 0 saturated carbocycles. The topological polar surface area (TPSA) is 58.6 Å². The third kappa shape index (κ3) is 2.41. The van der Waals surface area contributed by atoms with Crippen LogP contribution in [0.5, 0.6) is 11.5 Å². The van der Waals surface area contributed by atoms with Gasteiger partial charge in [-0.1, -0.05) is 30.3 Å². The van der Waals surface area contributed by atoms with E-state index in [2.05, 4.69) is 5.32 Å². The number of amides is 3. The molecule has 0 radical (unpaired) electrons. The summed E-state index contributed by atoms with van der Waals surface area (Å²) in [6.45, 7) is 3.35. The summed E-state index contributed by atoms with van der Waals surface area (Å²) in [5.74, 6) is 0.790. The van der Waals surface area contributed by atoms with Gasteiger partial charge in [0.1, 0.15) is 11.3 Å². The molecule has 0 aromatic heterocycles. The minimum absolute atomic E-state index is 0.304. The van der Waals surface area contributed by atoms with Crippen molar-refractivity contribution in [2.75, 3.05) is 4.90 Å². The van der Waals surface area contributed by atoms with Crippen LogP contribution in [0.2, 0.25) is 0 Å². The lowest BCUT2D eigenvalue weighted by Gasteiger charge is -2.18. The van der Waals surface area contributed by atoms with E-state index in [0.29, 0.717) is 17.2 Å². The number of nitrogens with one attached hydrogen (secondary N) is 1. The summed E-state index contributed by atoms with van der Waals surface area (Å²) in [4.78, 5) is 25.7. The number of rotatable bonds is 3. The molecule has 3 amide bonds. The predicted molar refractivity (Wildman–Crippen MR) is 83.1 cm³/mol. The van der Waals surface area contributed by atoms with Crippen molar-refractivity contribution in [3.05, 3.63) is 54.6 Å². The van der Waals surface area contributed by atoms with Crippen LogP contribution >= 0.6 is 0 Å². The van der Waals surface area contributed by atoms with Crippen molar-refractivity contribution in [1.82, 2.24) is 5.32 Å². The Morgan fingerprint density at radius 2 is 1.59 bits per heavy atom. The normalized spacial score (nSPS) is 16.5. The van der Waals surface area contributed by atoms with Crippen molar-refractivity contribution in [3.63, 3.8) is 0 Å². The Morgan fingerprint density at radius 1 is 0.955 bits per heavy atom. The molecule has 0 unspecified atom stereocenters. The van der Waals surface area contributed by atoms with E-state index >= 15 is 0 Å². The van der Waals surface area contributed by atoms with Gasteiger partial charge >= 0.3 is 6.03 Å². The fraction of sp³-hybridized carbons (Fsp3) is 0.176. The number of anilines is 1. The molecule has 1 saturated heterocycles. The first-order valence-corrected chi connectivity index (χ1v) is 6.98. The van der Waals surface area contributed by atoms with Crippen LogP contribution in [0.15, 0.2) is 54.6 Å². The molecule has 1 aliphatic rings. The summed E-state index contributed by atoms with van der Waals surface area (Å²) >= 11 is 0. The quantitative estimate of drug-likeness (QED) is 0.884. The van der Waals surface area contributed by atoms with Crippen LogP contribution in [0.4, 0.5) is 10.5 Å². The number of hydrogen-bond acceptors (Lipinski definition) is 3. The number of carbonyl (C=O) groups excluding carboxylic acids is 2. The lowest BCUT2D eigenvalue weighted by atomic mass is 10.1. The number of para-hydroxylation sites is 3. The van der Waals surface area contributed by atoms with Crippen molar-refractivity contribution in [1.29, 1.82) is 0 Å². The standard InChI is InChI=1S/C17H16N2O3/c1-17(2)15(20)19(16(21)18-17)13-10-6-7-11-14(13)22-12-8-4-3-5-9-12/h3-11H,1-2H3,(H,18,21). The first kappa shape index (κ1) is 14.1. The van der Waals surface area contributed by atoms with E-state index in [1.807, 2.05) is 30.3 Å². The van der Waals surface area contributed by atoms with Crippen LogP contribution in [0.25, 0.3) is 0 Å². The zero-order valence-corrected chi connectivity index (χ0v) is 12.4. The van der Waals surface area contributed by atoms with Crippen LogP contribution < -0.4 is 15.0 Å². The van der Waals surface area contributed by atoms with E-state index in [1.165, 1.54) is 0 Å². The Hall–Kier alpha value is -2.82. The number of imide groups is 1. The number of benzene rings is 2. The van der Waals surface area contributed by atoms with E-state index in [9.17, 15) is 9.59 Å². The molecule has 1 aliphatic heterocycles. The summed E-state index contributed by atoms with van der Waals surface area (Å²) < 4.78 is 5.81. The summed E-state index contributed by atoms with van der Waals surface area (Å²) in [6, 6.07) is 15.8. The summed E-state index contributed by atoms with van der Waals surface area (Å²) in [7, 11) is 0. The fourth-order valence-corrected chi connectivity index (χ4v) is 2.31. The smallest absolute Gasteiger partial charge is 0.329 e. The zero-order valence-electron chi connectivity index (χ0n) is 12.4. The number of urea groups is 1. The first-order valence-electron chi connectivity index (χ1n) is 6.98. The molecule has 112 valence electrons. The van der Waals surface area contributed by atoms with Gasteiger partial charge in [-0.2, -0.15) is 0 Å². The Morgan fingerprint density at radius 3 is 2.23 bits per heavy atom. The maximum absolute atomic E-state index is 12.4. The van der Waals surface area contributed by atoms with Crippen LogP contribution in [0.3, 0.4) is 0 Å². The van der Waals surface area contributed by atoms with Gasteiger partial charge in [-0.05, 0) is 38.1 Å². The third-order valence-corrected chi connectivity index (χ3v) is 3.44. The minimum atomic E-state index is -0.920. The average molecular weight is 296 g/mol. The second-order valence-electron chi connectivity index (χ2n) is 5.58. The average Bonchev–Trinajstić information content (AvgIpc) is 2.69. The Labute approximate surface area is 128 Å². The van der Waals surface area contributed by atoms with Gasteiger partial charge in [-0.15, -0.1) is 0 Å². The lowest BCUT2D eigenvalue weighted by molar-refractivity contribution is -0.121. The molecular formula is C17H16N2O3. The molecule has 22 heavy (non-hydrogen) atoms. The molecule has 5 heteroatoms. The Bertz CT molecular complexity index is 726. The summed E-state index contributed by atoms with van der Waals surface area (Å²) in [5, 5.41) is 2.66. The second kappa shape index (κ2) is 5.18. The molecule has 0 aliphatic carbocycles. The van der Waals surface area contributed by atoms with Crippen LogP contribution in [0.1, 0.15) is 13.8 Å². The number of carbonyl (C=O) groups is 2. The van der Waals surface area contributed by atoms with Crippen LogP contribution in [-0.4, -0.2) is 17.5 Å². The van der Waals surface area contributed by atoms with Gasteiger partial charge in [0, 0.05) is 0 Å². The van der Waals surface area contributed by atoms with E-state index in [1.54, 1.807) is 38.1 Å². The maximum Gasteiger partial charge on any atom is 0.329 e. The van der Waals surface area contributed by atoms with Gasteiger partial charge in [0.15, 0.2) is 5.75 Å². The van der Waals surface area contributed by atoms with E-state index in [0.717, 1.165) is 4.90 Å². The SMILES string of the molecule is CC1(C)NC(=O)N(c2ccccc2Oc2ccccc2)C1=O. The van der Waals surface area contributed by atoms with Gasteiger partial charge in [-0.25, -0.2) is 9.69 Å². The molecule has 2 aromatic carbocycles. The van der Waals surface area contributed by atoms with Gasteiger partial charge in [0.05, 0.1) is 5.69 Å². The molecule has 1 N–H and O–H groups in total. The minimum Gasteiger partial charge on any atom is -0.455 e. The highest BCUT2D eigenvalue weighted by Gasteiger charge is 2.45. The molecule has 1 fully saturated rings. The highest BCUT2D eigenvalue weighted by Crippen LogP contribution is 2.35. The Kier molecular flexibility index (Phi) is 3.33. The van der Waals surface area contributed by atoms with Gasteiger partial charge in [-0.3, -0.25) is 4.79 Å². The number of ether oxygens (including phenoxy) is 1. The molecule has 0 spiro atoms. The van der Waals surface area contributed by atoms with Gasteiger partial charge in [0.25, 0.3) is 5.91 Å². The predicted octanol–water partition coefficient (Wildman–Crippen LogP) is 3.31. The largest absolute Gasteiger partial charge is 0.455 e. The van der Waals surface area contributed by atoms with Crippen molar-refractivity contribution < 1.29 is 14.3 Å². The zero-order chi connectivity index (χ0) is 15.7. The Balaban J connectivity index is 1.99. The monoisotopic (exact) mass is 296 g/mol. The van der Waals surface area contributed by atoms with E-state index < -0.39 is 11.6 Å². The third-order valence-electron chi connectivity index (χ3n) is 3.44. The van der Waals surface area contributed by atoms with Crippen molar-refractivity contribution in [3.8, 4) is 11.5 Å². The van der Waals surface area contributed by atoms with E-state index in [-0.39, 0.29) is 5.91 Å². The molecule has 5 nitrogen and oxygen atoms in total. The molecule has 0 atom stereocenters. The molecular weight excluding hydrogens is 280 g/mol. The van der Waals surface area contributed by atoms with Crippen molar-refractivity contribution in [2.24, 2.45) is 0 Å². The van der Waals surface area contributed by atoms with Gasteiger partial charge < -0.3 is 10.1 Å². The molecule has 1 heterocycles. The summed E-state index contributed by atoms with van der Waals surface area (Å²) in [5.41, 5.74) is -0.490. The van der Waals surface area contributed by atoms with Crippen molar-refractivity contribution >= 4 is 17.6 Å². The number of hydrogen-bond donors (Lipinski definition) is 1. The fourth-order valence-electron chi connectivity index (χ4n) is 2.31. The molecule has 0 bridgehead atoms. The first-order chi connectivity index (χ1) is 10.5. The molecule has 2 aromatic rings. The highest BCUT2D eigenvalue weighted by atomic mass is 16.5. The lowest BCUT2D eigenvalue weighted by Crippen LogP contribution is -2.40. The number of nitrogens with zero attached hydrogens (tertiary/aromatic N) is 1.